The Morgan fingerprint density at radius 3 is 2.50 bits per heavy atom. The Labute approximate surface area is 140 Å². The molecule has 0 aliphatic rings. The molecule has 5 heteroatoms. The molecule has 2 N–H and O–H groups in total. The van der Waals surface area contributed by atoms with Crippen LogP contribution in [0.1, 0.15) is 12.0 Å². The summed E-state index contributed by atoms with van der Waals surface area (Å²) in [4.78, 5) is 4.07. The van der Waals surface area contributed by atoms with Crippen LogP contribution in [-0.4, -0.2) is 15.7 Å². The quantitative estimate of drug-likeness (QED) is 0.674. The van der Waals surface area contributed by atoms with E-state index in [1.165, 1.54) is 12.1 Å². The van der Waals surface area contributed by atoms with E-state index in [9.17, 15) is 4.39 Å². The van der Waals surface area contributed by atoms with Gasteiger partial charge in [0.05, 0.1) is 12.9 Å². The van der Waals surface area contributed by atoms with Crippen LogP contribution in [0.3, 0.4) is 0 Å². The first-order valence-corrected chi connectivity index (χ1v) is 7.91. The number of ether oxygens (including phenoxy) is 1. The van der Waals surface area contributed by atoms with Crippen LogP contribution in [0.25, 0.3) is 0 Å². The summed E-state index contributed by atoms with van der Waals surface area (Å²) in [6, 6.07) is 14.0. The Balaban J connectivity index is 1.66. The van der Waals surface area contributed by atoms with Crippen LogP contribution in [-0.2, 0) is 13.0 Å². The maximum absolute atomic E-state index is 13.0. The summed E-state index contributed by atoms with van der Waals surface area (Å²) in [5, 5.41) is 0. The number of aryl methyl sites for hydroxylation is 1. The fraction of sp³-hybridized carbons (Fsp3) is 0.211. The average molecular weight is 325 g/mol. The summed E-state index contributed by atoms with van der Waals surface area (Å²) in [5.41, 5.74) is 7.51. The summed E-state index contributed by atoms with van der Waals surface area (Å²) in [6.07, 6.45) is 7.05. The predicted octanol–water partition coefficient (Wildman–Crippen LogP) is 3.68. The lowest BCUT2D eigenvalue weighted by atomic mass is 10.1. The van der Waals surface area contributed by atoms with Crippen molar-refractivity contribution in [2.24, 2.45) is 0 Å². The minimum Gasteiger partial charge on any atom is -0.489 e. The van der Waals surface area contributed by atoms with Gasteiger partial charge in [-0.1, -0.05) is 12.1 Å². The van der Waals surface area contributed by atoms with Gasteiger partial charge >= 0.3 is 0 Å². The third kappa shape index (κ3) is 4.59. The van der Waals surface area contributed by atoms with Crippen molar-refractivity contribution >= 4 is 5.69 Å². The minimum atomic E-state index is -0.216. The van der Waals surface area contributed by atoms with Gasteiger partial charge in [0, 0.05) is 18.1 Å². The van der Waals surface area contributed by atoms with Crippen molar-refractivity contribution in [2.75, 3.05) is 5.73 Å². The van der Waals surface area contributed by atoms with Crippen LogP contribution in [0.15, 0.2) is 67.3 Å². The Kier molecular flexibility index (Phi) is 5.11. The van der Waals surface area contributed by atoms with Gasteiger partial charge in [0.25, 0.3) is 0 Å². The number of nitrogens with two attached hydrogens (primary N) is 1. The standard InChI is InChI=1S/C19H20FN3O/c20-16-4-1-15(2-5-16)3-8-19(13-23-12-11-22-14-23)24-18-9-6-17(21)7-10-18/h1-2,4-7,9-12,14,19H,3,8,13,21H2. The van der Waals surface area contributed by atoms with Crippen LogP contribution in [0.5, 0.6) is 5.75 Å². The molecule has 0 spiro atoms. The molecule has 0 amide bonds. The van der Waals surface area contributed by atoms with Gasteiger partial charge in [-0.25, -0.2) is 9.37 Å². The average Bonchev–Trinajstić information content (AvgIpc) is 3.09. The Bertz CT molecular complexity index is 739. The molecule has 124 valence electrons. The third-order valence-electron chi connectivity index (χ3n) is 3.82. The van der Waals surface area contributed by atoms with Gasteiger partial charge in [-0.15, -0.1) is 0 Å². The van der Waals surface area contributed by atoms with Crippen molar-refractivity contribution in [3.8, 4) is 5.75 Å². The van der Waals surface area contributed by atoms with E-state index in [2.05, 4.69) is 4.98 Å². The number of benzene rings is 2. The van der Waals surface area contributed by atoms with E-state index in [1.54, 1.807) is 12.5 Å². The highest BCUT2D eigenvalue weighted by Gasteiger charge is 2.12. The van der Waals surface area contributed by atoms with E-state index in [1.807, 2.05) is 47.2 Å². The largest absolute Gasteiger partial charge is 0.489 e. The molecule has 0 bridgehead atoms. The Morgan fingerprint density at radius 2 is 1.83 bits per heavy atom. The van der Waals surface area contributed by atoms with Crippen molar-refractivity contribution in [3.63, 3.8) is 0 Å². The van der Waals surface area contributed by atoms with Gasteiger partial charge in [-0.2, -0.15) is 0 Å². The first-order valence-electron chi connectivity index (χ1n) is 7.91. The molecule has 1 unspecified atom stereocenters. The Hall–Kier alpha value is -2.82. The molecule has 0 aliphatic carbocycles. The molecule has 0 aliphatic heterocycles. The molecular formula is C19H20FN3O. The van der Waals surface area contributed by atoms with Gasteiger partial charge in [0.15, 0.2) is 0 Å². The molecule has 1 aromatic heterocycles. The molecular weight excluding hydrogens is 305 g/mol. The number of rotatable bonds is 7. The number of nitrogen functional groups attached to an aromatic ring is 1. The zero-order valence-electron chi connectivity index (χ0n) is 13.3. The van der Waals surface area contributed by atoms with Gasteiger partial charge < -0.3 is 15.0 Å². The van der Waals surface area contributed by atoms with Crippen LogP contribution in [0.2, 0.25) is 0 Å². The summed E-state index contributed by atoms with van der Waals surface area (Å²) >= 11 is 0. The van der Waals surface area contributed by atoms with E-state index in [-0.39, 0.29) is 11.9 Å². The molecule has 0 saturated heterocycles. The predicted molar refractivity (Wildman–Crippen MR) is 92.2 cm³/mol. The molecule has 2 aromatic carbocycles. The van der Waals surface area contributed by atoms with Crippen molar-refractivity contribution in [1.29, 1.82) is 0 Å². The monoisotopic (exact) mass is 325 g/mol. The first-order chi connectivity index (χ1) is 11.7. The normalized spacial score (nSPS) is 12.0. The van der Waals surface area contributed by atoms with Crippen LogP contribution >= 0.6 is 0 Å². The number of imidazole rings is 1. The van der Waals surface area contributed by atoms with Gasteiger partial charge in [0.1, 0.15) is 17.7 Å². The van der Waals surface area contributed by atoms with Crippen LogP contribution < -0.4 is 10.5 Å². The number of nitrogens with zero attached hydrogens (tertiary/aromatic N) is 2. The molecule has 24 heavy (non-hydrogen) atoms. The van der Waals surface area contributed by atoms with Crippen molar-refractivity contribution in [1.82, 2.24) is 9.55 Å². The number of anilines is 1. The molecule has 3 aromatic rings. The maximum Gasteiger partial charge on any atom is 0.123 e. The van der Waals surface area contributed by atoms with E-state index in [0.717, 1.165) is 24.2 Å². The smallest absolute Gasteiger partial charge is 0.123 e. The van der Waals surface area contributed by atoms with Crippen molar-refractivity contribution in [3.05, 3.63) is 78.6 Å². The summed E-state index contributed by atoms with van der Waals surface area (Å²) < 4.78 is 21.1. The highest BCUT2D eigenvalue weighted by Crippen LogP contribution is 2.18. The topological polar surface area (TPSA) is 53.1 Å². The number of hydrogen-bond acceptors (Lipinski definition) is 3. The zero-order chi connectivity index (χ0) is 16.8. The van der Waals surface area contributed by atoms with E-state index >= 15 is 0 Å². The van der Waals surface area contributed by atoms with E-state index < -0.39 is 0 Å². The lowest BCUT2D eigenvalue weighted by Gasteiger charge is -2.20. The second-order valence-electron chi connectivity index (χ2n) is 5.73. The lowest BCUT2D eigenvalue weighted by molar-refractivity contribution is 0.170. The van der Waals surface area contributed by atoms with E-state index in [4.69, 9.17) is 10.5 Å². The fourth-order valence-electron chi connectivity index (χ4n) is 2.53. The molecule has 4 nitrogen and oxygen atoms in total. The fourth-order valence-corrected chi connectivity index (χ4v) is 2.53. The Morgan fingerprint density at radius 1 is 1.08 bits per heavy atom. The molecule has 0 saturated carbocycles. The van der Waals surface area contributed by atoms with Crippen molar-refractivity contribution < 1.29 is 9.13 Å². The second-order valence-corrected chi connectivity index (χ2v) is 5.73. The van der Waals surface area contributed by atoms with Gasteiger partial charge in [-0.05, 0) is 54.8 Å². The highest BCUT2D eigenvalue weighted by molar-refractivity contribution is 5.41. The molecule has 0 fully saturated rings. The maximum atomic E-state index is 13.0. The van der Waals surface area contributed by atoms with E-state index in [0.29, 0.717) is 12.2 Å². The first kappa shape index (κ1) is 16.1. The second kappa shape index (κ2) is 7.64. The molecule has 3 rings (SSSR count). The van der Waals surface area contributed by atoms with Gasteiger partial charge in [0.2, 0.25) is 0 Å². The number of aromatic nitrogens is 2. The number of halogens is 1. The summed E-state index contributed by atoms with van der Waals surface area (Å²) in [6.45, 7) is 0.700. The SMILES string of the molecule is Nc1ccc(OC(CCc2ccc(F)cc2)Cn2ccnc2)cc1. The highest BCUT2D eigenvalue weighted by atomic mass is 19.1. The van der Waals surface area contributed by atoms with Crippen LogP contribution in [0.4, 0.5) is 10.1 Å². The summed E-state index contributed by atoms with van der Waals surface area (Å²) in [7, 11) is 0. The lowest BCUT2D eigenvalue weighted by Crippen LogP contribution is -2.23. The van der Waals surface area contributed by atoms with Crippen molar-refractivity contribution in [2.45, 2.75) is 25.5 Å². The van der Waals surface area contributed by atoms with Gasteiger partial charge in [-0.3, -0.25) is 0 Å². The third-order valence-corrected chi connectivity index (χ3v) is 3.82. The zero-order valence-corrected chi connectivity index (χ0v) is 13.3. The molecule has 0 radical (unpaired) electrons. The summed E-state index contributed by atoms with van der Waals surface area (Å²) in [5.74, 6) is 0.570. The molecule has 1 atom stereocenters. The molecule has 1 heterocycles. The minimum absolute atomic E-state index is 0.0205. The number of hydrogen-bond donors (Lipinski definition) is 1. The van der Waals surface area contributed by atoms with Crippen LogP contribution in [0, 0.1) is 5.82 Å².